The van der Waals surface area contributed by atoms with Gasteiger partial charge in [0.2, 0.25) is 5.91 Å². The van der Waals surface area contributed by atoms with Gasteiger partial charge in [-0.1, -0.05) is 12.1 Å². The molecule has 144 valence electrons. The van der Waals surface area contributed by atoms with Crippen LogP contribution in [0.1, 0.15) is 16.7 Å². The Hall–Kier alpha value is -3.26. The lowest BCUT2D eigenvalue weighted by atomic mass is 10.1. The molecular formula is C20H18N2O5S. The first kappa shape index (κ1) is 19.5. The Bertz CT molecular complexity index is 995. The van der Waals surface area contributed by atoms with E-state index in [4.69, 9.17) is 0 Å². The molecule has 3 N–H and O–H groups in total. The number of carbonyl (C=O) groups is 3. The van der Waals surface area contributed by atoms with Gasteiger partial charge in [0.1, 0.15) is 6.54 Å². The molecule has 1 aliphatic heterocycles. The average Bonchev–Trinajstić information content (AvgIpc) is 2.84. The molecule has 0 atom stereocenters. The first-order valence-corrected chi connectivity index (χ1v) is 9.20. The summed E-state index contributed by atoms with van der Waals surface area (Å²) in [5, 5.41) is 21.0. The van der Waals surface area contributed by atoms with Gasteiger partial charge in [-0.2, -0.15) is 0 Å². The maximum Gasteiger partial charge on any atom is 0.294 e. The lowest BCUT2D eigenvalue weighted by Crippen LogP contribution is -2.36. The number of hydrogen-bond acceptors (Lipinski definition) is 6. The van der Waals surface area contributed by atoms with Crippen molar-refractivity contribution in [1.29, 1.82) is 0 Å². The zero-order valence-corrected chi connectivity index (χ0v) is 16.0. The highest BCUT2D eigenvalue weighted by molar-refractivity contribution is 8.18. The summed E-state index contributed by atoms with van der Waals surface area (Å²) in [6.07, 6.45) is 1.42. The van der Waals surface area contributed by atoms with Gasteiger partial charge in [-0.05, 0) is 72.6 Å². The number of nitrogens with zero attached hydrogens (tertiary/aromatic N) is 1. The van der Waals surface area contributed by atoms with Crippen molar-refractivity contribution in [2.75, 3.05) is 11.9 Å². The first-order chi connectivity index (χ1) is 13.2. The summed E-state index contributed by atoms with van der Waals surface area (Å²) in [7, 11) is 0. The molecule has 28 heavy (non-hydrogen) atoms. The van der Waals surface area contributed by atoms with Crippen LogP contribution in [0.15, 0.2) is 41.3 Å². The monoisotopic (exact) mass is 398 g/mol. The smallest absolute Gasteiger partial charge is 0.294 e. The lowest BCUT2D eigenvalue weighted by molar-refractivity contribution is -0.127. The van der Waals surface area contributed by atoms with Gasteiger partial charge in [0.25, 0.3) is 11.1 Å². The molecule has 2 aromatic carbocycles. The van der Waals surface area contributed by atoms with Crippen molar-refractivity contribution in [1.82, 2.24) is 4.90 Å². The van der Waals surface area contributed by atoms with E-state index in [1.165, 1.54) is 24.3 Å². The predicted octanol–water partition coefficient (Wildman–Crippen LogP) is 3.39. The van der Waals surface area contributed by atoms with E-state index in [-0.39, 0.29) is 16.4 Å². The van der Waals surface area contributed by atoms with Crippen LogP contribution in [0.4, 0.5) is 10.5 Å². The Morgan fingerprint density at radius 3 is 2.39 bits per heavy atom. The molecule has 1 heterocycles. The zero-order chi connectivity index (χ0) is 20.4. The zero-order valence-electron chi connectivity index (χ0n) is 15.2. The molecule has 1 aliphatic rings. The van der Waals surface area contributed by atoms with E-state index in [0.29, 0.717) is 23.0 Å². The van der Waals surface area contributed by atoms with E-state index >= 15 is 0 Å². The minimum absolute atomic E-state index is 0.134. The predicted molar refractivity (Wildman–Crippen MR) is 107 cm³/mol. The van der Waals surface area contributed by atoms with E-state index < -0.39 is 23.6 Å². The molecule has 0 spiro atoms. The van der Waals surface area contributed by atoms with Gasteiger partial charge in [-0.25, -0.2) is 0 Å². The van der Waals surface area contributed by atoms with Crippen molar-refractivity contribution < 1.29 is 24.6 Å². The number of rotatable bonds is 4. The van der Waals surface area contributed by atoms with E-state index in [2.05, 4.69) is 5.32 Å². The summed E-state index contributed by atoms with van der Waals surface area (Å²) in [6.45, 7) is 3.42. The third-order valence-electron chi connectivity index (χ3n) is 3.98. The SMILES string of the molecule is Cc1cc(C)cc(NC(=O)CN2C(=O)S/C(=C/c3ccc(O)c(O)c3)C2=O)c1. The van der Waals surface area contributed by atoms with Crippen LogP contribution >= 0.6 is 11.8 Å². The molecule has 0 radical (unpaired) electrons. The Morgan fingerprint density at radius 1 is 1.07 bits per heavy atom. The molecule has 0 unspecified atom stereocenters. The van der Waals surface area contributed by atoms with Gasteiger partial charge in [-0.15, -0.1) is 0 Å². The number of nitrogens with one attached hydrogen (secondary N) is 1. The van der Waals surface area contributed by atoms with Crippen LogP contribution in [-0.2, 0) is 9.59 Å². The number of aryl methyl sites for hydroxylation is 2. The molecule has 0 aliphatic carbocycles. The minimum Gasteiger partial charge on any atom is -0.504 e. The summed E-state index contributed by atoms with van der Waals surface area (Å²) in [5.74, 6) is -1.68. The molecule has 3 rings (SSSR count). The molecule has 8 heteroatoms. The fraction of sp³-hybridized carbons (Fsp3) is 0.150. The molecule has 1 saturated heterocycles. The van der Waals surface area contributed by atoms with Crippen molar-refractivity contribution in [3.63, 3.8) is 0 Å². The molecule has 0 bridgehead atoms. The maximum atomic E-state index is 12.5. The van der Waals surface area contributed by atoms with E-state index in [0.717, 1.165) is 16.0 Å². The molecule has 3 amide bonds. The van der Waals surface area contributed by atoms with Gasteiger partial charge < -0.3 is 15.5 Å². The van der Waals surface area contributed by atoms with Crippen LogP contribution in [0.3, 0.4) is 0 Å². The second-order valence-electron chi connectivity index (χ2n) is 6.44. The summed E-state index contributed by atoms with van der Waals surface area (Å²) >= 11 is 0.714. The fourth-order valence-corrected chi connectivity index (χ4v) is 3.65. The Labute approximate surface area is 165 Å². The maximum absolute atomic E-state index is 12.5. The van der Waals surface area contributed by atoms with E-state index in [9.17, 15) is 24.6 Å². The van der Waals surface area contributed by atoms with E-state index in [1.54, 1.807) is 12.1 Å². The highest BCUT2D eigenvalue weighted by atomic mass is 32.2. The van der Waals surface area contributed by atoms with Crippen LogP contribution in [-0.4, -0.2) is 38.7 Å². The van der Waals surface area contributed by atoms with Crippen molar-refractivity contribution in [3.05, 3.63) is 58.0 Å². The minimum atomic E-state index is -0.585. The highest BCUT2D eigenvalue weighted by Gasteiger charge is 2.36. The Balaban J connectivity index is 1.71. The molecule has 2 aromatic rings. The van der Waals surface area contributed by atoms with Gasteiger partial charge >= 0.3 is 0 Å². The van der Waals surface area contributed by atoms with Crippen molar-refractivity contribution in [3.8, 4) is 11.5 Å². The number of hydrogen-bond donors (Lipinski definition) is 3. The number of carbonyl (C=O) groups excluding carboxylic acids is 3. The van der Waals surface area contributed by atoms with Crippen molar-refractivity contribution in [2.24, 2.45) is 0 Å². The quantitative estimate of drug-likeness (QED) is 0.538. The molecule has 0 aromatic heterocycles. The third-order valence-corrected chi connectivity index (χ3v) is 4.89. The van der Waals surface area contributed by atoms with Crippen LogP contribution in [0.25, 0.3) is 6.08 Å². The van der Waals surface area contributed by atoms with Crippen LogP contribution in [0.2, 0.25) is 0 Å². The summed E-state index contributed by atoms with van der Waals surface area (Å²) < 4.78 is 0. The summed E-state index contributed by atoms with van der Waals surface area (Å²) in [6, 6.07) is 9.62. The number of benzene rings is 2. The number of aromatic hydroxyl groups is 2. The topological polar surface area (TPSA) is 107 Å². The summed E-state index contributed by atoms with van der Waals surface area (Å²) in [5.41, 5.74) is 3.02. The summed E-state index contributed by atoms with van der Waals surface area (Å²) in [4.78, 5) is 37.9. The van der Waals surface area contributed by atoms with Crippen LogP contribution < -0.4 is 5.32 Å². The van der Waals surface area contributed by atoms with Crippen LogP contribution in [0.5, 0.6) is 11.5 Å². The normalized spacial score (nSPS) is 15.4. The van der Waals surface area contributed by atoms with Gasteiger partial charge in [0, 0.05) is 5.69 Å². The number of imide groups is 1. The second-order valence-corrected chi connectivity index (χ2v) is 7.43. The van der Waals surface area contributed by atoms with Gasteiger partial charge in [0.05, 0.1) is 4.91 Å². The van der Waals surface area contributed by atoms with E-state index in [1.807, 2.05) is 19.9 Å². The lowest BCUT2D eigenvalue weighted by Gasteiger charge is -2.13. The molecule has 1 fully saturated rings. The average molecular weight is 398 g/mol. The first-order valence-electron chi connectivity index (χ1n) is 8.38. The molecule has 7 nitrogen and oxygen atoms in total. The standard InChI is InChI=1S/C20H18N2O5S/c1-11-5-12(2)7-14(6-11)21-18(25)10-22-19(26)17(28-20(22)27)9-13-3-4-15(23)16(24)8-13/h3-9,23-24H,10H2,1-2H3,(H,21,25)/b17-9+. The Morgan fingerprint density at radius 2 is 1.75 bits per heavy atom. The van der Waals surface area contributed by atoms with Crippen LogP contribution in [0, 0.1) is 13.8 Å². The molecular weight excluding hydrogens is 380 g/mol. The van der Waals surface area contributed by atoms with Gasteiger partial charge in [0.15, 0.2) is 11.5 Å². The number of phenolic OH excluding ortho intramolecular Hbond substituents is 2. The third kappa shape index (κ3) is 4.34. The molecule has 0 saturated carbocycles. The number of amides is 3. The highest BCUT2D eigenvalue weighted by Crippen LogP contribution is 2.33. The largest absolute Gasteiger partial charge is 0.504 e. The second kappa shape index (κ2) is 7.77. The van der Waals surface area contributed by atoms with Gasteiger partial charge in [-0.3, -0.25) is 19.3 Å². The Kier molecular flexibility index (Phi) is 5.41. The van der Waals surface area contributed by atoms with Crippen molar-refractivity contribution >= 4 is 40.6 Å². The van der Waals surface area contributed by atoms with Crippen molar-refractivity contribution in [2.45, 2.75) is 13.8 Å². The number of phenols is 2. The fourth-order valence-electron chi connectivity index (χ4n) is 2.81. The number of thioether (sulfide) groups is 1. The number of anilines is 1.